The Labute approximate surface area is 155 Å². The topological polar surface area (TPSA) is 15.6 Å². The number of anilines is 1. The van der Waals surface area contributed by atoms with Crippen molar-refractivity contribution in [3.63, 3.8) is 0 Å². The molecule has 2 aromatic carbocycles. The van der Waals surface area contributed by atoms with Crippen molar-refractivity contribution in [3.05, 3.63) is 86.5 Å². The predicted molar refractivity (Wildman–Crippen MR) is 104 cm³/mol. The van der Waals surface area contributed by atoms with E-state index in [2.05, 4.69) is 34.7 Å². The van der Waals surface area contributed by atoms with Crippen LogP contribution in [0.3, 0.4) is 0 Å². The van der Waals surface area contributed by atoms with Gasteiger partial charge in [0.15, 0.2) is 0 Å². The van der Waals surface area contributed by atoms with E-state index in [1.807, 2.05) is 30.3 Å². The van der Waals surface area contributed by atoms with Crippen molar-refractivity contribution in [1.29, 1.82) is 0 Å². The first kappa shape index (κ1) is 15.7. The number of rotatable bonds is 3. The Balaban J connectivity index is 1.78. The zero-order valence-electron chi connectivity index (χ0n) is 12.7. The first-order valence-electron chi connectivity index (χ1n) is 7.63. The highest BCUT2D eigenvalue weighted by molar-refractivity contribution is 7.12. The average molecular weight is 373 g/mol. The van der Waals surface area contributed by atoms with Crippen molar-refractivity contribution in [1.82, 2.24) is 0 Å². The second kappa shape index (κ2) is 6.60. The number of thiophene rings is 1. The van der Waals surface area contributed by atoms with E-state index in [1.165, 1.54) is 4.88 Å². The summed E-state index contributed by atoms with van der Waals surface area (Å²) in [6, 6.07) is 20.1. The van der Waals surface area contributed by atoms with Gasteiger partial charge in [0.2, 0.25) is 0 Å². The number of benzene rings is 2. The SMILES string of the molecule is Clc1ccc(C2CC(c3cccs3)=NN2c2ccccc2)c(Cl)c1. The summed E-state index contributed by atoms with van der Waals surface area (Å²) in [4.78, 5) is 1.20. The summed E-state index contributed by atoms with van der Waals surface area (Å²) >= 11 is 14.2. The number of halogens is 2. The number of hydrogen-bond acceptors (Lipinski definition) is 3. The van der Waals surface area contributed by atoms with Crippen molar-refractivity contribution in [2.45, 2.75) is 12.5 Å². The Morgan fingerprint density at radius 3 is 2.54 bits per heavy atom. The molecule has 0 saturated heterocycles. The number of para-hydroxylation sites is 1. The molecule has 2 heterocycles. The van der Waals surface area contributed by atoms with E-state index in [-0.39, 0.29) is 6.04 Å². The average Bonchev–Trinajstić information content (AvgIpc) is 3.25. The second-order valence-electron chi connectivity index (χ2n) is 5.59. The standard InChI is InChI=1S/C19H14Cl2N2S/c20-13-8-9-15(16(21)11-13)18-12-17(19-7-4-10-24-19)22-23(18)14-5-2-1-3-6-14/h1-11,18H,12H2. The molecule has 120 valence electrons. The summed E-state index contributed by atoms with van der Waals surface area (Å²) in [6.45, 7) is 0. The van der Waals surface area contributed by atoms with Gasteiger partial charge in [-0.3, -0.25) is 5.01 Å². The third-order valence-corrected chi connectivity index (χ3v) is 5.54. The highest BCUT2D eigenvalue weighted by Crippen LogP contribution is 2.40. The fourth-order valence-electron chi connectivity index (χ4n) is 2.93. The largest absolute Gasteiger partial charge is 0.257 e. The van der Waals surface area contributed by atoms with Gasteiger partial charge in [0, 0.05) is 16.5 Å². The van der Waals surface area contributed by atoms with Crippen LogP contribution in [-0.2, 0) is 0 Å². The Bertz CT molecular complexity index is 876. The van der Waals surface area contributed by atoms with Crippen molar-refractivity contribution in [2.75, 3.05) is 5.01 Å². The summed E-state index contributed by atoms with van der Waals surface area (Å²) in [7, 11) is 0. The Morgan fingerprint density at radius 2 is 1.83 bits per heavy atom. The van der Waals surface area contributed by atoms with E-state index in [0.717, 1.165) is 23.4 Å². The zero-order valence-corrected chi connectivity index (χ0v) is 15.0. The molecule has 0 spiro atoms. The molecule has 0 N–H and O–H groups in total. The van der Waals surface area contributed by atoms with Gasteiger partial charge in [-0.25, -0.2) is 0 Å². The van der Waals surface area contributed by atoms with Crippen molar-refractivity contribution < 1.29 is 0 Å². The van der Waals surface area contributed by atoms with Gasteiger partial charge in [0.05, 0.1) is 22.3 Å². The van der Waals surface area contributed by atoms with Crippen LogP contribution < -0.4 is 5.01 Å². The molecule has 0 amide bonds. The Morgan fingerprint density at radius 1 is 1.00 bits per heavy atom. The monoisotopic (exact) mass is 372 g/mol. The summed E-state index contributed by atoms with van der Waals surface area (Å²) in [5.41, 5.74) is 3.19. The van der Waals surface area contributed by atoms with Gasteiger partial charge in [-0.15, -0.1) is 11.3 Å². The molecule has 0 saturated carbocycles. The van der Waals surface area contributed by atoms with Gasteiger partial charge in [-0.1, -0.05) is 53.5 Å². The van der Waals surface area contributed by atoms with Crippen molar-refractivity contribution >= 4 is 45.9 Å². The van der Waals surface area contributed by atoms with Crippen LogP contribution in [0, 0.1) is 0 Å². The van der Waals surface area contributed by atoms with Crippen molar-refractivity contribution in [3.8, 4) is 0 Å². The van der Waals surface area contributed by atoms with Gasteiger partial charge in [0.1, 0.15) is 0 Å². The fourth-order valence-corrected chi connectivity index (χ4v) is 4.19. The van der Waals surface area contributed by atoms with Crippen LogP contribution in [0.5, 0.6) is 0 Å². The van der Waals surface area contributed by atoms with Gasteiger partial charge in [-0.2, -0.15) is 5.10 Å². The van der Waals surface area contributed by atoms with Gasteiger partial charge >= 0.3 is 0 Å². The normalized spacial score (nSPS) is 17.2. The molecule has 3 aromatic rings. The lowest BCUT2D eigenvalue weighted by Gasteiger charge is -2.24. The van der Waals surface area contributed by atoms with E-state index in [9.17, 15) is 0 Å². The molecule has 24 heavy (non-hydrogen) atoms. The lowest BCUT2D eigenvalue weighted by atomic mass is 10.0. The highest BCUT2D eigenvalue weighted by atomic mass is 35.5. The van der Waals surface area contributed by atoms with Crippen LogP contribution in [0.15, 0.2) is 71.1 Å². The first-order chi connectivity index (χ1) is 11.7. The smallest absolute Gasteiger partial charge is 0.0846 e. The summed E-state index contributed by atoms with van der Waals surface area (Å²) in [5, 5.41) is 10.3. The molecule has 0 fully saturated rings. The van der Waals surface area contributed by atoms with E-state index >= 15 is 0 Å². The molecule has 1 aromatic heterocycles. The molecule has 5 heteroatoms. The molecule has 1 atom stereocenters. The summed E-state index contributed by atoms with van der Waals surface area (Å²) in [6.07, 6.45) is 0.816. The molecule has 4 rings (SSSR count). The van der Waals surface area contributed by atoms with Gasteiger partial charge in [0.25, 0.3) is 0 Å². The summed E-state index contributed by atoms with van der Waals surface area (Å²) < 4.78 is 0. The molecule has 0 radical (unpaired) electrons. The number of nitrogens with zero attached hydrogens (tertiary/aromatic N) is 2. The number of hydrazone groups is 1. The van der Waals surface area contributed by atoms with Gasteiger partial charge in [-0.05, 0) is 41.3 Å². The fraction of sp³-hybridized carbons (Fsp3) is 0.105. The third kappa shape index (κ3) is 2.95. The minimum atomic E-state index is 0.0641. The molecular weight excluding hydrogens is 359 g/mol. The molecule has 0 aliphatic carbocycles. The minimum absolute atomic E-state index is 0.0641. The van der Waals surface area contributed by atoms with Crippen molar-refractivity contribution in [2.24, 2.45) is 5.10 Å². The first-order valence-corrected chi connectivity index (χ1v) is 9.26. The third-order valence-electron chi connectivity index (χ3n) is 4.06. The lowest BCUT2D eigenvalue weighted by Crippen LogP contribution is -2.18. The molecule has 1 unspecified atom stereocenters. The molecular formula is C19H14Cl2N2S. The van der Waals surface area contributed by atoms with E-state index in [1.54, 1.807) is 17.4 Å². The quantitative estimate of drug-likeness (QED) is 0.518. The maximum Gasteiger partial charge on any atom is 0.0846 e. The Hall–Kier alpha value is -1.81. The van der Waals surface area contributed by atoms with Gasteiger partial charge < -0.3 is 0 Å². The van der Waals surface area contributed by atoms with Crippen LogP contribution in [-0.4, -0.2) is 5.71 Å². The minimum Gasteiger partial charge on any atom is -0.257 e. The van der Waals surface area contributed by atoms with Crippen LogP contribution in [0.1, 0.15) is 22.9 Å². The maximum atomic E-state index is 6.48. The Kier molecular flexibility index (Phi) is 4.31. The molecule has 1 aliphatic heterocycles. The summed E-state index contributed by atoms with van der Waals surface area (Å²) in [5.74, 6) is 0. The maximum absolute atomic E-state index is 6.48. The van der Waals surface area contributed by atoms with Crippen LogP contribution in [0.2, 0.25) is 10.0 Å². The molecule has 0 bridgehead atoms. The van der Waals surface area contributed by atoms with E-state index < -0.39 is 0 Å². The molecule has 1 aliphatic rings. The highest BCUT2D eigenvalue weighted by Gasteiger charge is 2.31. The number of hydrogen-bond donors (Lipinski definition) is 0. The van der Waals surface area contributed by atoms with Crippen LogP contribution in [0.25, 0.3) is 0 Å². The second-order valence-corrected chi connectivity index (χ2v) is 7.38. The lowest BCUT2D eigenvalue weighted by molar-refractivity contribution is 0.709. The van der Waals surface area contributed by atoms with E-state index in [4.69, 9.17) is 28.3 Å². The van der Waals surface area contributed by atoms with Crippen LogP contribution >= 0.6 is 34.5 Å². The predicted octanol–water partition coefficient (Wildman–Crippen LogP) is 6.41. The van der Waals surface area contributed by atoms with E-state index in [0.29, 0.717) is 10.0 Å². The van der Waals surface area contributed by atoms with Crippen LogP contribution in [0.4, 0.5) is 5.69 Å². The zero-order chi connectivity index (χ0) is 16.5. The molecule has 2 nitrogen and oxygen atoms in total.